The number of ether oxygens (including phenoxy) is 2. The number of amides is 1. The predicted octanol–water partition coefficient (Wildman–Crippen LogP) is 3.27. The number of methoxy groups -OCH3 is 1. The lowest BCUT2D eigenvalue weighted by atomic mass is 9.93. The standard InChI is InChI=1S/C22H26N4O6S/c1-13(2)32-21(28)19-14(3)24-22-25(17(12-33-22)11-18(27)23-8-9-31-4)20(19)15-6-5-7-16(10-15)26(29)30/h5-7,10,12-13,20H,8-9,11H2,1-4H3,(H,23,27). The van der Waals surface area contributed by atoms with E-state index in [1.165, 1.54) is 23.9 Å². The predicted molar refractivity (Wildman–Crippen MR) is 124 cm³/mol. The number of amidine groups is 1. The number of nitrogens with zero attached hydrogens (tertiary/aromatic N) is 3. The van der Waals surface area contributed by atoms with E-state index in [-0.39, 0.29) is 29.7 Å². The van der Waals surface area contributed by atoms with Gasteiger partial charge in [0, 0.05) is 31.5 Å². The maximum Gasteiger partial charge on any atom is 0.338 e. The van der Waals surface area contributed by atoms with Gasteiger partial charge in [-0.15, -0.1) is 0 Å². The fraction of sp³-hybridized carbons (Fsp3) is 0.409. The summed E-state index contributed by atoms with van der Waals surface area (Å²) in [5.74, 6) is -0.766. The molecule has 176 valence electrons. The summed E-state index contributed by atoms with van der Waals surface area (Å²) in [4.78, 5) is 42.8. The first-order valence-electron chi connectivity index (χ1n) is 10.4. The Morgan fingerprint density at radius 1 is 1.36 bits per heavy atom. The Bertz CT molecular complexity index is 1050. The van der Waals surface area contributed by atoms with Crippen LogP contribution in [-0.2, 0) is 19.1 Å². The van der Waals surface area contributed by atoms with Crippen LogP contribution in [0.1, 0.15) is 38.8 Å². The van der Waals surface area contributed by atoms with Gasteiger partial charge in [0.15, 0.2) is 5.17 Å². The molecule has 0 fully saturated rings. The molecule has 2 heterocycles. The van der Waals surface area contributed by atoms with Gasteiger partial charge in [-0.05, 0) is 31.7 Å². The number of aliphatic imine (C=N–C) groups is 1. The molecule has 0 aliphatic carbocycles. The van der Waals surface area contributed by atoms with Crippen LogP contribution in [-0.4, -0.2) is 53.2 Å². The molecule has 1 aromatic carbocycles. The Hall–Kier alpha value is -3.18. The van der Waals surface area contributed by atoms with E-state index in [2.05, 4.69) is 10.3 Å². The van der Waals surface area contributed by atoms with E-state index in [1.807, 2.05) is 5.41 Å². The highest BCUT2D eigenvalue weighted by Crippen LogP contribution is 2.45. The van der Waals surface area contributed by atoms with Gasteiger partial charge in [0.2, 0.25) is 5.91 Å². The molecule has 1 N–H and O–H groups in total. The van der Waals surface area contributed by atoms with Gasteiger partial charge < -0.3 is 19.7 Å². The second-order valence-corrected chi connectivity index (χ2v) is 8.56. The maximum atomic E-state index is 13.1. The second-order valence-electron chi connectivity index (χ2n) is 7.72. The Kier molecular flexibility index (Phi) is 7.88. The van der Waals surface area contributed by atoms with Gasteiger partial charge in [-0.25, -0.2) is 9.79 Å². The number of hydrogen-bond acceptors (Lipinski definition) is 9. The van der Waals surface area contributed by atoms with E-state index in [1.54, 1.807) is 44.9 Å². The quantitative estimate of drug-likeness (QED) is 0.250. The van der Waals surface area contributed by atoms with Gasteiger partial charge in [0.25, 0.3) is 5.69 Å². The van der Waals surface area contributed by atoms with Crippen molar-refractivity contribution < 1.29 is 24.0 Å². The molecule has 3 rings (SSSR count). The van der Waals surface area contributed by atoms with Gasteiger partial charge in [-0.3, -0.25) is 14.9 Å². The first kappa shape index (κ1) is 24.5. The number of nitro groups is 1. The highest BCUT2D eigenvalue weighted by molar-refractivity contribution is 8.16. The van der Waals surface area contributed by atoms with Crippen molar-refractivity contribution in [3.63, 3.8) is 0 Å². The van der Waals surface area contributed by atoms with Gasteiger partial charge in [-0.2, -0.15) is 0 Å². The van der Waals surface area contributed by atoms with Crippen LogP contribution in [0.5, 0.6) is 0 Å². The Morgan fingerprint density at radius 3 is 2.79 bits per heavy atom. The van der Waals surface area contributed by atoms with Crippen LogP contribution in [0.25, 0.3) is 0 Å². The molecule has 0 saturated carbocycles. The van der Waals surface area contributed by atoms with Crippen molar-refractivity contribution in [3.05, 3.63) is 62.3 Å². The summed E-state index contributed by atoms with van der Waals surface area (Å²) in [6.45, 7) is 5.96. The molecule has 1 aromatic rings. The van der Waals surface area contributed by atoms with Gasteiger partial charge in [-0.1, -0.05) is 23.9 Å². The van der Waals surface area contributed by atoms with Crippen LogP contribution < -0.4 is 5.32 Å². The zero-order valence-electron chi connectivity index (χ0n) is 18.9. The van der Waals surface area contributed by atoms with Crippen LogP contribution in [0.3, 0.4) is 0 Å². The summed E-state index contributed by atoms with van der Waals surface area (Å²) in [6, 6.07) is 5.39. The number of allylic oxidation sites excluding steroid dienone is 1. The van der Waals surface area contributed by atoms with Crippen LogP contribution in [0.2, 0.25) is 0 Å². The summed E-state index contributed by atoms with van der Waals surface area (Å²) in [7, 11) is 1.55. The Labute approximate surface area is 195 Å². The Morgan fingerprint density at radius 2 is 2.12 bits per heavy atom. The number of thioether (sulfide) groups is 1. The molecule has 2 aliphatic heterocycles. The number of esters is 1. The number of benzene rings is 1. The molecule has 0 saturated heterocycles. The second kappa shape index (κ2) is 10.6. The lowest BCUT2D eigenvalue weighted by molar-refractivity contribution is -0.384. The third-order valence-electron chi connectivity index (χ3n) is 4.93. The van der Waals surface area contributed by atoms with E-state index >= 15 is 0 Å². The number of hydrogen-bond donors (Lipinski definition) is 1. The van der Waals surface area contributed by atoms with Crippen molar-refractivity contribution in [2.24, 2.45) is 4.99 Å². The van der Waals surface area contributed by atoms with Gasteiger partial charge >= 0.3 is 5.97 Å². The fourth-order valence-electron chi connectivity index (χ4n) is 3.55. The first-order chi connectivity index (χ1) is 15.7. The van der Waals surface area contributed by atoms with Crippen LogP contribution in [0.15, 0.2) is 51.6 Å². The molecule has 1 atom stereocenters. The van der Waals surface area contributed by atoms with Crippen molar-refractivity contribution in [2.75, 3.05) is 20.3 Å². The van der Waals surface area contributed by atoms with Crippen molar-refractivity contribution in [2.45, 2.75) is 39.3 Å². The van der Waals surface area contributed by atoms with Crippen molar-refractivity contribution in [3.8, 4) is 0 Å². The summed E-state index contributed by atoms with van der Waals surface area (Å²) < 4.78 is 10.4. The molecule has 10 nitrogen and oxygen atoms in total. The normalized spacial score (nSPS) is 17.5. The van der Waals surface area contributed by atoms with Crippen molar-refractivity contribution in [1.82, 2.24) is 10.2 Å². The largest absolute Gasteiger partial charge is 0.459 e. The van der Waals surface area contributed by atoms with E-state index < -0.39 is 16.9 Å². The highest BCUT2D eigenvalue weighted by Gasteiger charge is 2.41. The van der Waals surface area contributed by atoms with Crippen LogP contribution >= 0.6 is 11.8 Å². The topological polar surface area (TPSA) is 123 Å². The van der Waals surface area contributed by atoms with Crippen molar-refractivity contribution >= 4 is 34.5 Å². The number of carbonyl (C=O) groups excluding carboxylic acids is 2. The van der Waals surface area contributed by atoms with E-state index in [4.69, 9.17) is 9.47 Å². The Balaban J connectivity index is 2.02. The zero-order chi connectivity index (χ0) is 24.1. The third-order valence-corrected chi connectivity index (χ3v) is 5.82. The number of fused-ring (bicyclic) bond motifs is 1. The summed E-state index contributed by atoms with van der Waals surface area (Å²) in [5, 5.41) is 16.6. The highest BCUT2D eigenvalue weighted by atomic mass is 32.2. The third kappa shape index (κ3) is 5.60. The van der Waals surface area contributed by atoms with E-state index in [0.717, 1.165) is 0 Å². The lowest BCUT2D eigenvalue weighted by Gasteiger charge is -2.36. The molecule has 33 heavy (non-hydrogen) atoms. The number of non-ortho nitro benzene ring substituents is 1. The maximum absolute atomic E-state index is 13.1. The van der Waals surface area contributed by atoms with Crippen molar-refractivity contribution in [1.29, 1.82) is 0 Å². The van der Waals surface area contributed by atoms with Gasteiger partial charge in [0.05, 0.1) is 41.4 Å². The zero-order valence-corrected chi connectivity index (χ0v) is 19.7. The van der Waals surface area contributed by atoms with Gasteiger partial charge in [0.1, 0.15) is 0 Å². The fourth-order valence-corrected chi connectivity index (χ4v) is 4.52. The summed E-state index contributed by atoms with van der Waals surface area (Å²) in [5.41, 5.74) is 1.81. The molecule has 0 spiro atoms. The number of rotatable bonds is 9. The molecule has 0 aromatic heterocycles. The minimum absolute atomic E-state index is 0.0483. The number of carbonyl (C=O) groups is 2. The van der Waals surface area contributed by atoms with E-state index in [9.17, 15) is 19.7 Å². The van der Waals surface area contributed by atoms with E-state index in [0.29, 0.717) is 35.3 Å². The number of nitro benzene ring substituents is 1. The minimum atomic E-state index is -0.725. The molecule has 0 radical (unpaired) electrons. The first-order valence-corrected chi connectivity index (χ1v) is 11.3. The molecular formula is C22H26N4O6S. The van der Waals surface area contributed by atoms with Crippen LogP contribution in [0, 0.1) is 10.1 Å². The lowest BCUT2D eigenvalue weighted by Crippen LogP contribution is -2.38. The average molecular weight is 475 g/mol. The molecule has 0 bridgehead atoms. The number of nitrogens with one attached hydrogen (secondary N) is 1. The summed E-state index contributed by atoms with van der Waals surface area (Å²) >= 11 is 1.33. The molecule has 1 amide bonds. The minimum Gasteiger partial charge on any atom is -0.459 e. The molecule has 1 unspecified atom stereocenters. The molecule has 2 aliphatic rings. The average Bonchev–Trinajstić information content (AvgIpc) is 3.14. The molecule has 11 heteroatoms. The van der Waals surface area contributed by atoms with Crippen LogP contribution in [0.4, 0.5) is 5.69 Å². The monoisotopic (exact) mass is 474 g/mol. The molecular weight excluding hydrogens is 448 g/mol. The SMILES string of the molecule is COCCNC(=O)CC1=CSC2=NC(C)=C(C(=O)OC(C)C)C(c3cccc([N+](=O)[O-])c3)N12. The smallest absolute Gasteiger partial charge is 0.338 e. The summed E-state index contributed by atoms with van der Waals surface area (Å²) in [6.07, 6.45) is -0.310.